The summed E-state index contributed by atoms with van der Waals surface area (Å²) in [5.41, 5.74) is 2.54. The highest BCUT2D eigenvalue weighted by molar-refractivity contribution is 7.80. The van der Waals surface area contributed by atoms with Crippen LogP contribution in [-0.2, 0) is 16.0 Å². The smallest absolute Gasteiger partial charge is 0.305 e. The van der Waals surface area contributed by atoms with Gasteiger partial charge in [0.2, 0.25) is 0 Å². The molecule has 1 atom stereocenters. The minimum Gasteiger partial charge on any atom is -0.469 e. The van der Waals surface area contributed by atoms with Gasteiger partial charge in [-0.3, -0.25) is 4.79 Å². The number of thiophene rings is 1. The summed E-state index contributed by atoms with van der Waals surface area (Å²) in [5.74, 6) is -0.200. The molecule has 0 radical (unpaired) electrons. The largest absolute Gasteiger partial charge is 0.469 e. The van der Waals surface area contributed by atoms with Crippen LogP contribution in [-0.4, -0.2) is 24.7 Å². The highest BCUT2D eigenvalue weighted by Gasteiger charge is 2.16. The number of nitrogens with one attached hydrogen (secondary N) is 2. The van der Waals surface area contributed by atoms with Gasteiger partial charge in [-0.1, -0.05) is 43.7 Å². The number of methoxy groups -OCH3 is 1. The summed E-state index contributed by atoms with van der Waals surface area (Å²) in [5, 5.41) is 9.24. The van der Waals surface area contributed by atoms with Gasteiger partial charge in [-0.05, 0) is 47.6 Å². The van der Waals surface area contributed by atoms with Crippen LogP contribution in [0.4, 0.5) is 0 Å². The van der Waals surface area contributed by atoms with Crippen LogP contribution < -0.4 is 10.6 Å². The fourth-order valence-electron chi connectivity index (χ4n) is 2.66. The zero-order valence-corrected chi connectivity index (χ0v) is 16.9. The van der Waals surface area contributed by atoms with Crippen molar-refractivity contribution in [3.05, 3.63) is 57.8 Å². The Labute approximate surface area is 165 Å². The molecular formula is C20H26N2O2S2. The van der Waals surface area contributed by atoms with Crippen LogP contribution in [0.15, 0.2) is 41.8 Å². The van der Waals surface area contributed by atoms with Gasteiger partial charge in [-0.15, -0.1) is 11.3 Å². The molecule has 0 amide bonds. The van der Waals surface area contributed by atoms with E-state index < -0.39 is 0 Å². The molecule has 0 unspecified atom stereocenters. The Morgan fingerprint density at radius 1 is 1.27 bits per heavy atom. The number of rotatable bonds is 9. The molecule has 1 aromatic heterocycles. The Morgan fingerprint density at radius 2 is 2.04 bits per heavy atom. The first-order chi connectivity index (χ1) is 12.6. The maximum atomic E-state index is 11.2. The molecule has 2 aromatic rings. The molecule has 4 nitrogen and oxygen atoms in total. The normalized spacial score (nSPS) is 11.6. The Morgan fingerprint density at radius 3 is 2.65 bits per heavy atom. The topological polar surface area (TPSA) is 50.4 Å². The number of hydrogen-bond donors (Lipinski definition) is 2. The lowest BCUT2D eigenvalue weighted by Crippen LogP contribution is -2.38. The quantitative estimate of drug-likeness (QED) is 0.382. The number of hydrogen-bond acceptors (Lipinski definition) is 4. The van der Waals surface area contributed by atoms with Gasteiger partial charge in [-0.25, -0.2) is 0 Å². The van der Waals surface area contributed by atoms with Gasteiger partial charge in [0.1, 0.15) is 0 Å². The number of aryl methyl sites for hydroxylation is 1. The van der Waals surface area contributed by atoms with E-state index in [2.05, 4.69) is 58.0 Å². The molecule has 1 heterocycles. The standard InChI is InChI=1S/C20H26N2O2S2/c1-3-6-15-9-11-16(12-10-15)19(17-7-5-14-26-17)22-20(25)21-13-4-8-18(23)24-2/h5,7,9-12,14,19H,3-4,6,8,13H2,1-2H3,(H2,21,22,25)/t19-/m1/s1. The monoisotopic (exact) mass is 390 g/mol. The first-order valence-electron chi connectivity index (χ1n) is 8.87. The average Bonchev–Trinajstić information content (AvgIpc) is 3.18. The summed E-state index contributed by atoms with van der Waals surface area (Å²) in [4.78, 5) is 12.4. The van der Waals surface area contributed by atoms with Gasteiger partial charge >= 0.3 is 5.97 Å². The van der Waals surface area contributed by atoms with Gasteiger partial charge in [0.25, 0.3) is 0 Å². The molecule has 0 spiro atoms. The third kappa shape index (κ3) is 6.42. The highest BCUT2D eigenvalue weighted by atomic mass is 32.1. The Bertz CT molecular complexity index is 684. The zero-order chi connectivity index (χ0) is 18.8. The lowest BCUT2D eigenvalue weighted by molar-refractivity contribution is -0.140. The highest BCUT2D eigenvalue weighted by Crippen LogP contribution is 2.26. The van der Waals surface area contributed by atoms with E-state index >= 15 is 0 Å². The van der Waals surface area contributed by atoms with E-state index in [4.69, 9.17) is 12.2 Å². The number of esters is 1. The number of ether oxygens (including phenoxy) is 1. The third-order valence-electron chi connectivity index (χ3n) is 4.03. The van der Waals surface area contributed by atoms with Crippen LogP contribution in [0, 0.1) is 0 Å². The lowest BCUT2D eigenvalue weighted by atomic mass is 10.0. The van der Waals surface area contributed by atoms with Crippen molar-refractivity contribution in [2.45, 2.75) is 38.6 Å². The predicted molar refractivity (Wildman–Crippen MR) is 112 cm³/mol. The molecule has 0 aliphatic rings. The van der Waals surface area contributed by atoms with Crippen molar-refractivity contribution in [2.75, 3.05) is 13.7 Å². The molecule has 26 heavy (non-hydrogen) atoms. The minimum atomic E-state index is -0.200. The SMILES string of the molecule is CCCc1ccc([C@@H](NC(=S)NCCCC(=O)OC)c2cccs2)cc1. The Hall–Kier alpha value is -1.92. The molecule has 6 heteroatoms. The first-order valence-corrected chi connectivity index (χ1v) is 10.2. The number of carbonyl (C=O) groups is 1. The van der Waals surface area contributed by atoms with Crippen LogP contribution in [0.3, 0.4) is 0 Å². The van der Waals surface area contributed by atoms with Crippen LogP contribution in [0.1, 0.15) is 48.2 Å². The van der Waals surface area contributed by atoms with E-state index in [1.54, 1.807) is 11.3 Å². The summed E-state index contributed by atoms with van der Waals surface area (Å²) in [6.45, 7) is 2.82. The Kier molecular flexibility index (Phi) is 8.58. The summed E-state index contributed by atoms with van der Waals surface area (Å²) >= 11 is 7.15. The summed E-state index contributed by atoms with van der Waals surface area (Å²) in [6, 6.07) is 12.9. The van der Waals surface area contributed by atoms with E-state index in [-0.39, 0.29) is 12.0 Å². The van der Waals surface area contributed by atoms with E-state index in [0.29, 0.717) is 24.5 Å². The molecule has 0 fully saturated rings. The molecule has 2 N–H and O–H groups in total. The van der Waals surface area contributed by atoms with Crippen molar-refractivity contribution in [1.82, 2.24) is 10.6 Å². The second kappa shape index (κ2) is 10.9. The zero-order valence-electron chi connectivity index (χ0n) is 15.3. The molecule has 0 saturated carbocycles. The molecule has 0 aliphatic carbocycles. The van der Waals surface area contributed by atoms with Crippen molar-refractivity contribution >= 4 is 34.6 Å². The van der Waals surface area contributed by atoms with Crippen LogP contribution in [0.2, 0.25) is 0 Å². The van der Waals surface area contributed by atoms with E-state index in [9.17, 15) is 4.79 Å². The summed E-state index contributed by atoms with van der Waals surface area (Å²) in [6.07, 6.45) is 3.31. The fraction of sp³-hybridized carbons (Fsp3) is 0.400. The molecule has 0 bridgehead atoms. The molecule has 1 aromatic carbocycles. The maximum absolute atomic E-state index is 11.2. The second-order valence-corrected chi connectivity index (χ2v) is 7.41. The minimum absolute atomic E-state index is 0.0197. The summed E-state index contributed by atoms with van der Waals surface area (Å²) < 4.78 is 4.64. The lowest BCUT2D eigenvalue weighted by Gasteiger charge is -2.21. The van der Waals surface area contributed by atoms with Crippen LogP contribution >= 0.6 is 23.6 Å². The van der Waals surface area contributed by atoms with Gasteiger partial charge in [0, 0.05) is 17.8 Å². The Balaban J connectivity index is 1.97. The fourth-order valence-corrected chi connectivity index (χ4v) is 3.68. The van der Waals surface area contributed by atoms with Gasteiger partial charge < -0.3 is 15.4 Å². The van der Waals surface area contributed by atoms with Crippen molar-refractivity contribution in [2.24, 2.45) is 0 Å². The maximum Gasteiger partial charge on any atom is 0.305 e. The number of carbonyl (C=O) groups excluding carboxylic acids is 1. The molecule has 140 valence electrons. The molecule has 2 rings (SSSR count). The van der Waals surface area contributed by atoms with E-state index in [1.807, 2.05) is 6.07 Å². The molecule has 0 saturated heterocycles. The first kappa shape index (κ1) is 20.4. The van der Waals surface area contributed by atoms with Crippen molar-refractivity contribution < 1.29 is 9.53 Å². The average molecular weight is 391 g/mol. The third-order valence-corrected chi connectivity index (χ3v) is 5.23. The van der Waals surface area contributed by atoms with Gasteiger partial charge in [-0.2, -0.15) is 0 Å². The van der Waals surface area contributed by atoms with Gasteiger partial charge in [0.15, 0.2) is 5.11 Å². The van der Waals surface area contributed by atoms with Crippen LogP contribution in [0.25, 0.3) is 0 Å². The van der Waals surface area contributed by atoms with Crippen molar-refractivity contribution in [3.8, 4) is 0 Å². The summed E-state index contributed by atoms with van der Waals surface area (Å²) in [7, 11) is 1.40. The number of thiocarbonyl (C=S) groups is 1. The van der Waals surface area contributed by atoms with E-state index in [0.717, 1.165) is 12.8 Å². The van der Waals surface area contributed by atoms with Crippen molar-refractivity contribution in [3.63, 3.8) is 0 Å². The van der Waals surface area contributed by atoms with Gasteiger partial charge in [0.05, 0.1) is 13.2 Å². The predicted octanol–water partition coefficient (Wildman–Crippen LogP) is 4.21. The van der Waals surface area contributed by atoms with Crippen molar-refractivity contribution in [1.29, 1.82) is 0 Å². The second-order valence-electron chi connectivity index (χ2n) is 6.02. The molecule has 0 aliphatic heterocycles. The van der Waals surface area contributed by atoms with Crippen LogP contribution in [0.5, 0.6) is 0 Å². The van der Waals surface area contributed by atoms with E-state index in [1.165, 1.54) is 23.1 Å². The number of benzene rings is 1. The molecular weight excluding hydrogens is 364 g/mol.